The summed E-state index contributed by atoms with van der Waals surface area (Å²) >= 11 is 0. The minimum absolute atomic E-state index is 0.0572. The average Bonchev–Trinajstić information content (AvgIpc) is 3.03. The lowest BCUT2D eigenvalue weighted by molar-refractivity contribution is -0.145. The smallest absolute Gasteiger partial charge is 0.311 e. The Morgan fingerprint density at radius 2 is 1.64 bits per heavy atom. The number of benzene rings is 1. The Hall–Kier alpha value is -2.57. The van der Waals surface area contributed by atoms with E-state index >= 15 is 0 Å². The summed E-state index contributed by atoms with van der Waals surface area (Å²) in [6.07, 6.45) is 0.196. The fourth-order valence-electron chi connectivity index (χ4n) is 3.40. The molecule has 3 rings (SSSR count). The van der Waals surface area contributed by atoms with Crippen molar-refractivity contribution < 1.29 is 19.1 Å². The Labute approximate surface area is 147 Å². The van der Waals surface area contributed by atoms with Crippen LogP contribution in [-0.4, -0.2) is 62.5 Å². The van der Waals surface area contributed by atoms with E-state index in [-0.39, 0.29) is 24.2 Å². The monoisotopic (exact) mass is 345 g/mol. The quantitative estimate of drug-likeness (QED) is 0.761. The Kier molecular flexibility index (Phi) is 4.92. The molecule has 2 amide bonds. The molecule has 2 heterocycles. The number of ether oxygens (including phenoxy) is 1. The largest absolute Gasteiger partial charge is 0.469 e. The summed E-state index contributed by atoms with van der Waals surface area (Å²) < 4.78 is 4.74. The van der Waals surface area contributed by atoms with Crippen molar-refractivity contribution in [1.29, 1.82) is 0 Å². The lowest BCUT2D eigenvalue weighted by Gasteiger charge is -2.35. The van der Waals surface area contributed by atoms with Crippen LogP contribution in [-0.2, 0) is 19.1 Å². The van der Waals surface area contributed by atoms with Crippen LogP contribution in [0.2, 0.25) is 0 Å². The summed E-state index contributed by atoms with van der Waals surface area (Å²) in [5.74, 6) is -0.673. The highest BCUT2D eigenvalue weighted by Gasteiger charge is 2.35. The zero-order valence-electron chi connectivity index (χ0n) is 14.6. The van der Waals surface area contributed by atoms with Gasteiger partial charge in [0.2, 0.25) is 11.8 Å². The lowest BCUT2D eigenvalue weighted by atomic mass is 10.1. The molecule has 25 heavy (non-hydrogen) atoms. The van der Waals surface area contributed by atoms with Crippen LogP contribution in [0.15, 0.2) is 24.3 Å². The van der Waals surface area contributed by atoms with E-state index in [0.717, 1.165) is 37.6 Å². The molecule has 2 fully saturated rings. The number of esters is 1. The topological polar surface area (TPSA) is 70.2 Å². The second kappa shape index (κ2) is 7.13. The van der Waals surface area contributed by atoms with Crippen molar-refractivity contribution in [2.45, 2.75) is 13.3 Å². The Bertz CT molecular complexity index is 665. The Morgan fingerprint density at radius 3 is 2.20 bits per heavy atom. The molecule has 2 aliphatic rings. The van der Waals surface area contributed by atoms with E-state index in [9.17, 15) is 14.4 Å². The highest BCUT2D eigenvalue weighted by molar-refractivity contribution is 5.99. The predicted molar refractivity (Wildman–Crippen MR) is 93.4 cm³/mol. The van der Waals surface area contributed by atoms with Crippen LogP contribution in [0.5, 0.6) is 0 Å². The Balaban J connectivity index is 1.64. The number of carbonyl (C=O) groups is 3. The average molecular weight is 345 g/mol. The van der Waals surface area contributed by atoms with Crippen molar-refractivity contribution in [2.75, 3.05) is 49.6 Å². The predicted octanol–water partition coefficient (Wildman–Crippen LogP) is 0.881. The number of anilines is 2. The molecule has 0 saturated carbocycles. The molecular weight excluding hydrogens is 322 g/mol. The number of amides is 2. The lowest BCUT2D eigenvalue weighted by Crippen LogP contribution is -2.48. The molecular formula is C18H23N3O4. The summed E-state index contributed by atoms with van der Waals surface area (Å²) in [5.41, 5.74) is 1.87. The maximum atomic E-state index is 12.2. The molecule has 7 nitrogen and oxygen atoms in total. The van der Waals surface area contributed by atoms with Crippen LogP contribution < -0.4 is 9.80 Å². The molecule has 0 bridgehead atoms. The van der Waals surface area contributed by atoms with Crippen LogP contribution >= 0.6 is 0 Å². The van der Waals surface area contributed by atoms with Crippen LogP contribution in [0.4, 0.5) is 11.4 Å². The van der Waals surface area contributed by atoms with Gasteiger partial charge in [-0.15, -0.1) is 0 Å². The molecule has 2 aliphatic heterocycles. The van der Waals surface area contributed by atoms with Crippen LogP contribution in [0.3, 0.4) is 0 Å². The van der Waals surface area contributed by atoms with Gasteiger partial charge < -0.3 is 19.4 Å². The third-order valence-corrected chi connectivity index (χ3v) is 4.91. The first-order valence-corrected chi connectivity index (χ1v) is 8.48. The van der Waals surface area contributed by atoms with Gasteiger partial charge in [0.25, 0.3) is 0 Å². The second-order valence-corrected chi connectivity index (χ2v) is 6.44. The SMILES string of the molecule is COC(=O)[C@@H]1CC(=O)N(c2ccc(N3CCN(C(C)=O)CC3)cc2)C1. The number of nitrogens with zero attached hydrogens (tertiary/aromatic N) is 3. The number of carbonyl (C=O) groups excluding carboxylic acids is 3. The molecule has 7 heteroatoms. The van der Waals surface area contributed by atoms with E-state index < -0.39 is 5.92 Å². The Morgan fingerprint density at radius 1 is 1.04 bits per heavy atom. The van der Waals surface area contributed by atoms with Crippen LogP contribution in [0, 0.1) is 5.92 Å². The fraction of sp³-hybridized carbons (Fsp3) is 0.500. The summed E-state index contributed by atoms with van der Waals surface area (Å²) in [7, 11) is 1.34. The van der Waals surface area contributed by atoms with E-state index in [4.69, 9.17) is 4.74 Å². The zero-order valence-corrected chi connectivity index (χ0v) is 14.6. The minimum Gasteiger partial charge on any atom is -0.469 e. The fourth-order valence-corrected chi connectivity index (χ4v) is 3.40. The molecule has 134 valence electrons. The molecule has 0 aliphatic carbocycles. The first kappa shape index (κ1) is 17.3. The number of hydrogen-bond donors (Lipinski definition) is 0. The molecule has 1 aromatic carbocycles. The zero-order chi connectivity index (χ0) is 18.0. The van der Waals surface area contributed by atoms with Gasteiger partial charge in [-0.1, -0.05) is 0 Å². The number of hydrogen-bond acceptors (Lipinski definition) is 5. The highest BCUT2D eigenvalue weighted by atomic mass is 16.5. The van der Waals surface area contributed by atoms with E-state index in [1.54, 1.807) is 11.8 Å². The molecule has 1 aromatic rings. The molecule has 0 spiro atoms. The van der Waals surface area contributed by atoms with Gasteiger partial charge in [0.05, 0.1) is 13.0 Å². The van der Waals surface area contributed by atoms with Gasteiger partial charge in [-0.05, 0) is 24.3 Å². The van der Waals surface area contributed by atoms with Crippen molar-refractivity contribution >= 4 is 29.2 Å². The van der Waals surface area contributed by atoms with Gasteiger partial charge in [-0.3, -0.25) is 14.4 Å². The number of rotatable bonds is 3. The maximum Gasteiger partial charge on any atom is 0.311 e. The molecule has 2 saturated heterocycles. The standard InChI is InChI=1S/C18H23N3O4/c1-13(22)19-7-9-20(10-8-19)15-3-5-16(6-4-15)21-12-14(11-17(21)23)18(24)25-2/h3-6,14H,7-12H2,1-2H3/t14-/m1/s1. The summed E-state index contributed by atoms with van der Waals surface area (Å²) in [4.78, 5) is 40.9. The molecule has 0 unspecified atom stereocenters. The van der Waals surface area contributed by atoms with Gasteiger partial charge in [0.1, 0.15) is 0 Å². The van der Waals surface area contributed by atoms with E-state index in [1.165, 1.54) is 7.11 Å². The van der Waals surface area contributed by atoms with Crippen molar-refractivity contribution in [3.8, 4) is 0 Å². The summed E-state index contributed by atoms with van der Waals surface area (Å²) in [6.45, 7) is 5.00. The number of methoxy groups -OCH3 is 1. The van der Waals surface area contributed by atoms with Crippen LogP contribution in [0.1, 0.15) is 13.3 Å². The molecule has 1 atom stereocenters. The molecule has 0 radical (unpaired) electrons. The third kappa shape index (κ3) is 3.60. The second-order valence-electron chi connectivity index (χ2n) is 6.44. The van der Waals surface area contributed by atoms with Crippen LogP contribution in [0.25, 0.3) is 0 Å². The van der Waals surface area contributed by atoms with Crippen molar-refractivity contribution in [1.82, 2.24) is 4.90 Å². The van der Waals surface area contributed by atoms with Gasteiger partial charge in [0.15, 0.2) is 0 Å². The van der Waals surface area contributed by atoms with E-state index in [0.29, 0.717) is 6.54 Å². The van der Waals surface area contributed by atoms with Gasteiger partial charge in [-0.2, -0.15) is 0 Å². The minimum atomic E-state index is -0.392. The van der Waals surface area contributed by atoms with E-state index in [1.807, 2.05) is 29.2 Å². The summed E-state index contributed by atoms with van der Waals surface area (Å²) in [5, 5.41) is 0. The third-order valence-electron chi connectivity index (χ3n) is 4.91. The first-order chi connectivity index (χ1) is 12.0. The van der Waals surface area contributed by atoms with Gasteiger partial charge >= 0.3 is 5.97 Å². The normalized spacial score (nSPS) is 20.8. The van der Waals surface area contributed by atoms with Crippen molar-refractivity contribution in [3.63, 3.8) is 0 Å². The molecule has 0 aromatic heterocycles. The van der Waals surface area contributed by atoms with E-state index in [2.05, 4.69) is 4.90 Å². The van der Waals surface area contributed by atoms with Crippen molar-refractivity contribution in [3.05, 3.63) is 24.3 Å². The van der Waals surface area contributed by atoms with Gasteiger partial charge in [0, 0.05) is 57.4 Å². The van der Waals surface area contributed by atoms with Gasteiger partial charge in [-0.25, -0.2) is 0 Å². The van der Waals surface area contributed by atoms with Crippen molar-refractivity contribution in [2.24, 2.45) is 5.92 Å². The highest BCUT2D eigenvalue weighted by Crippen LogP contribution is 2.28. The maximum absolute atomic E-state index is 12.2. The first-order valence-electron chi connectivity index (χ1n) is 8.48. The molecule has 0 N–H and O–H groups in total. The number of piperazine rings is 1. The summed E-state index contributed by atoms with van der Waals surface area (Å²) in [6, 6.07) is 7.78.